The first-order chi connectivity index (χ1) is 17.1. The molecule has 0 bridgehead atoms. The van der Waals surface area contributed by atoms with Gasteiger partial charge in [-0.1, -0.05) is 17.7 Å². The van der Waals surface area contributed by atoms with Crippen molar-refractivity contribution in [2.45, 2.75) is 50.2 Å². The number of halogens is 5. The van der Waals surface area contributed by atoms with Crippen molar-refractivity contribution in [3.05, 3.63) is 73.7 Å². The Morgan fingerprint density at radius 3 is 2.56 bits per heavy atom. The topological polar surface area (TPSA) is 93.6 Å². The molecule has 12 heteroatoms. The van der Waals surface area contributed by atoms with Gasteiger partial charge in [0.1, 0.15) is 23.7 Å². The van der Waals surface area contributed by atoms with E-state index in [4.69, 9.17) is 11.6 Å². The average molecular weight is 520 g/mol. The van der Waals surface area contributed by atoms with Crippen LogP contribution in [0.1, 0.15) is 49.4 Å². The predicted octanol–water partition coefficient (Wildman–Crippen LogP) is 4.71. The molecule has 2 heterocycles. The van der Waals surface area contributed by atoms with Gasteiger partial charge < -0.3 is 0 Å². The second-order valence-corrected chi connectivity index (χ2v) is 9.48. The van der Waals surface area contributed by atoms with Crippen molar-refractivity contribution in [3.8, 4) is 23.0 Å². The van der Waals surface area contributed by atoms with Crippen molar-refractivity contribution in [3.63, 3.8) is 0 Å². The fraction of sp³-hybridized carbons (Fsp3) is 0.375. The summed E-state index contributed by atoms with van der Waals surface area (Å²) in [6.45, 7) is -0.502. The number of alkyl halides is 3. The number of benzene rings is 1. The third-order valence-electron chi connectivity index (χ3n) is 6.78. The molecule has 3 aromatic rings. The van der Waals surface area contributed by atoms with Crippen LogP contribution in [0, 0.1) is 23.1 Å². The summed E-state index contributed by atoms with van der Waals surface area (Å²) >= 11 is 5.97. The van der Waals surface area contributed by atoms with Crippen molar-refractivity contribution >= 4 is 11.6 Å². The largest absolute Gasteiger partial charge is 0.338 e. The Morgan fingerprint density at radius 1 is 1.22 bits per heavy atom. The zero-order valence-electron chi connectivity index (χ0n) is 18.6. The van der Waals surface area contributed by atoms with E-state index in [9.17, 15) is 28.0 Å². The molecule has 2 saturated carbocycles. The fourth-order valence-corrected chi connectivity index (χ4v) is 5.09. The highest BCUT2D eigenvalue weighted by Gasteiger charge is 2.56. The van der Waals surface area contributed by atoms with E-state index in [1.165, 1.54) is 12.1 Å². The number of rotatable bonds is 6. The van der Waals surface area contributed by atoms with Gasteiger partial charge in [-0.05, 0) is 49.3 Å². The van der Waals surface area contributed by atoms with Crippen molar-refractivity contribution in [2.75, 3.05) is 0 Å². The van der Waals surface area contributed by atoms with E-state index in [1.54, 1.807) is 0 Å². The Labute approximate surface area is 206 Å². The van der Waals surface area contributed by atoms with Crippen molar-refractivity contribution in [1.82, 2.24) is 19.1 Å². The highest BCUT2D eigenvalue weighted by molar-refractivity contribution is 6.31. The van der Waals surface area contributed by atoms with Gasteiger partial charge in [0.25, 0.3) is 12.0 Å². The lowest BCUT2D eigenvalue weighted by molar-refractivity contribution is 0.0155. The van der Waals surface area contributed by atoms with Gasteiger partial charge in [0.05, 0.1) is 29.0 Å². The van der Waals surface area contributed by atoms with Crippen LogP contribution in [0.4, 0.5) is 17.6 Å². The predicted molar refractivity (Wildman–Crippen MR) is 121 cm³/mol. The Morgan fingerprint density at radius 2 is 1.94 bits per heavy atom. The van der Waals surface area contributed by atoms with Crippen LogP contribution in [0.15, 0.2) is 40.2 Å². The van der Waals surface area contributed by atoms with Crippen molar-refractivity contribution < 1.29 is 17.6 Å². The third-order valence-corrected chi connectivity index (χ3v) is 7.07. The van der Waals surface area contributed by atoms with E-state index in [-0.39, 0.29) is 40.6 Å². The van der Waals surface area contributed by atoms with Gasteiger partial charge in [0.2, 0.25) is 0 Å². The summed E-state index contributed by atoms with van der Waals surface area (Å²) in [5.41, 5.74) is -4.00. The summed E-state index contributed by atoms with van der Waals surface area (Å²) in [7, 11) is 0. The average Bonchev–Trinajstić information content (AvgIpc) is 3.67. The van der Waals surface area contributed by atoms with Crippen LogP contribution in [-0.2, 0) is 6.54 Å². The van der Waals surface area contributed by atoms with Gasteiger partial charge in [-0.15, -0.1) is 0 Å². The highest BCUT2D eigenvalue weighted by atomic mass is 35.5. The first-order valence-corrected chi connectivity index (χ1v) is 11.5. The second-order valence-electron chi connectivity index (χ2n) is 9.07. The Bertz CT molecular complexity index is 1520. The summed E-state index contributed by atoms with van der Waals surface area (Å²) in [6, 6.07) is 5.36. The molecule has 0 aliphatic heterocycles. The van der Waals surface area contributed by atoms with Crippen molar-refractivity contribution in [1.29, 1.82) is 5.26 Å². The number of aromatic nitrogens is 4. The molecule has 36 heavy (non-hydrogen) atoms. The van der Waals surface area contributed by atoms with Gasteiger partial charge in [-0.25, -0.2) is 31.9 Å². The van der Waals surface area contributed by atoms with Gasteiger partial charge in [0.15, 0.2) is 5.82 Å². The Balaban J connectivity index is 1.79. The number of hydrogen-bond acceptors (Lipinski definition) is 5. The zero-order valence-corrected chi connectivity index (χ0v) is 19.4. The minimum Gasteiger partial charge on any atom is -0.282 e. The normalized spacial score (nSPS) is 21.3. The molecule has 2 fully saturated rings. The molecule has 5 rings (SSSR count). The van der Waals surface area contributed by atoms with Gasteiger partial charge in [-0.3, -0.25) is 14.3 Å². The number of nitrogens with zero attached hydrogens (tertiary/aromatic N) is 5. The van der Waals surface area contributed by atoms with Crippen LogP contribution in [0.3, 0.4) is 0 Å². The zero-order chi connectivity index (χ0) is 25.8. The highest BCUT2D eigenvalue weighted by Crippen LogP contribution is 2.59. The summed E-state index contributed by atoms with van der Waals surface area (Å²) in [6.07, 6.45) is 0.373. The van der Waals surface area contributed by atoms with Crippen LogP contribution in [0.5, 0.6) is 0 Å². The standard InChI is InChI=1S/C24H18ClF4N5O2/c25-15-7-12(1-4-16(15)26)19-20(13-8-24(29,9-13)14-2-3-14)33(6-5-30)23(36)34(22(19)35)18-11-31-10-17(32-18)21(27)28/h1,4,7,10-11,13-14,21H,2-3,6,8-9H2. The van der Waals surface area contributed by atoms with E-state index < -0.39 is 53.1 Å². The molecule has 2 aromatic heterocycles. The Hall–Kier alpha value is -3.52. The summed E-state index contributed by atoms with van der Waals surface area (Å²) in [5, 5.41) is 9.16. The molecule has 0 unspecified atom stereocenters. The molecule has 0 N–H and O–H groups in total. The molecule has 2 aliphatic carbocycles. The van der Waals surface area contributed by atoms with Crippen LogP contribution in [0.2, 0.25) is 5.02 Å². The number of hydrogen-bond donors (Lipinski definition) is 0. The number of nitriles is 1. The van der Waals surface area contributed by atoms with Crippen LogP contribution in [0.25, 0.3) is 16.9 Å². The van der Waals surface area contributed by atoms with Crippen LogP contribution >= 0.6 is 11.6 Å². The maximum atomic E-state index is 15.3. The SMILES string of the molecule is N#CCn1c(C2CC(F)(C3CC3)C2)c(-c2ccc(F)c(Cl)c2)c(=O)n(-c2cncc(C(F)F)n2)c1=O. The summed E-state index contributed by atoms with van der Waals surface area (Å²) < 4.78 is 57.3. The van der Waals surface area contributed by atoms with Crippen LogP contribution < -0.4 is 11.2 Å². The van der Waals surface area contributed by atoms with E-state index in [0.29, 0.717) is 4.57 Å². The molecule has 186 valence electrons. The van der Waals surface area contributed by atoms with E-state index >= 15 is 4.39 Å². The lowest BCUT2D eigenvalue weighted by Gasteiger charge is -2.43. The van der Waals surface area contributed by atoms with Gasteiger partial charge in [-0.2, -0.15) is 5.26 Å². The lowest BCUT2D eigenvalue weighted by atomic mass is 9.67. The molecule has 2 aliphatic rings. The third kappa shape index (κ3) is 3.99. The van der Waals surface area contributed by atoms with Gasteiger partial charge >= 0.3 is 5.69 Å². The molecule has 0 spiro atoms. The minimum absolute atomic E-state index is 0.0502. The molecule has 1 aromatic carbocycles. The molecule has 0 atom stereocenters. The van der Waals surface area contributed by atoms with E-state index in [0.717, 1.165) is 35.9 Å². The monoisotopic (exact) mass is 519 g/mol. The van der Waals surface area contributed by atoms with Crippen molar-refractivity contribution in [2.24, 2.45) is 5.92 Å². The molecule has 0 saturated heterocycles. The Kier molecular flexibility index (Phi) is 5.95. The fourth-order valence-electron chi connectivity index (χ4n) is 4.91. The summed E-state index contributed by atoms with van der Waals surface area (Å²) in [5.74, 6) is -1.87. The molecular weight excluding hydrogens is 502 g/mol. The smallest absolute Gasteiger partial charge is 0.282 e. The first kappa shape index (κ1) is 24.2. The second kappa shape index (κ2) is 8.85. The quantitative estimate of drug-likeness (QED) is 0.440. The maximum absolute atomic E-state index is 15.3. The van der Waals surface area contributed by atoms with Crippen LogP contribution in [-0.4, -0.2) is 24.8 Å². The minimum atomic E-state index is -3.01. The molecule has 0 amide bonds. The van der Waals surface area contributed by atoms with E-state index in [1.807, 2.05) is 6.07 Å². The summed E-state index contributed by atoms with van der Waals surface area (Å²) in [4.78, 5) is 34.6. The van der Waals surface area contributed by atoms with Gasteiger partial charge in [0, 0.05) is 11.6 Å². The molecule has 0 radical (unpaired) electrons. The lowest BCUT2D eigenvalue weighted by Crippen LogP contribution is -2.47. The molecule has 7 nitrogen and oxygen atoms in total. The first-order valence-electron chi connectivity index (χ1n) is 11.2. The molecular formula is C24H18ClF4N5O2. The maximum Gasteiger partial charge on any atom is 0.338 e. The van der Waals surface area contributed by atoms with E-state index in [2.05, 4.69) is 9.97 Å².